The van der Waals surface area contributed by atoms with Gasteiger partial charge in [-0.1, -0.05) is 189 Å². The normalized spacial score (nSPS) is 14.0. The van der Waals surface area contributed by atoms with E-state index < -0.39 is 32.5 Å². The van der Waals surface area contributed by atoms with Crippen molar-refractivity contribution in [3.05, 3.63) is 85.1 Å². The average Bonchev–Trinajstić information content (AvgIpc) is 3.25. The topological polar surface area (TPSA) is 134 Å². The zero-order valence-corrected chi connectivity index (χ0v) is 39.5. The highest BCUT2D eigenvalue weighted by molar-refractivity contribution is 7.47. The average molecular weight is 874 g/mol. The quantitative estimate of drug-likeness (QED) is 0.0265. The van der Waals surface area contributed by atoms with Gasteiger partial charge in [-0.15, -0.1) is 0 Å². The number of rotatable bonds is 44. The second-order valence-electron chi connectivity index (χ2n) is 15.6. The summed E-state index contributed by atoms with van der Waals surface area (Å²) in [5, 5.41) is 0. The van der Waals surface area contributed by atoms with Crippen molar-refractivity contribution in [2.45, 2.75) is 200 Å². The second kappa shape index (κ2) is 46.7. The molecule has 0 spiro atoms. The molecule has 0 rings (SSSR count). The Morgan fingerprint density at radius 3 is 1.41 bits per heavy atom. The van der Waals surface area contributed by atoms with E-state index in [0.29, 0.717) is 12.8 Å². The van der Waals surface area contributed by atoms with Gasteiger partial charge in [-0.05, 0) is 77.0 Å². The Balaban J connectivity index is 4.20. The molecule has 0 aliphatic carbocycles. The molecule has 0 heterocycles. The molecule has 0 aromatic heterocycles. The van der Waals surface area contributed by atoms with E-state index >= 15 is 0 Å². The molecule has 0 aliphatic heterocycles. The molecule has 10 heteroatoms. The molecule has 0 aliphatic rings. The van der Waals surface area contributed by atoms with E-state index in [0.717, 1.165) is 57.8 Å². The maximum Gasteiger partial charge on any atom is 0.472 e. The van der Waals surface area contributed by atoms with E-state index in [4.69, 9.17) is 24.3 Å². The lowest BCUT2D eigenvalue weighted by atomic mass is 10.0. The van der Waals surface area contributed by atoms with Crippen LogP contribution in [0.3, 0.4) is 0 Å². The molecule has 61 heavy (non-hydrogen) atoms. The molecule has 0 saturated heterocycles. The van der Waals surface area contributed by atoms with Crippen LogP contribution in [0.4, 0.5) is 0 Å². The van der Waals surface area contributed by atoms with Gasteiger partial charge in [-0.3, -0.25) is 18.6 Å². The summed E-state index contributed by atoms with van der Waals surface area (Å²) in [5.41, 5.74) is 5.35. The number of allylic oxidation sites excluding steroid dienone is 14. The van der Waals surface area contributed by atoms with Gasteiger partial charge < -0.3 is 20.1 Å². The molecule has 2 atom stereocenters. The number of nitrogens with two attached hydrogens (primary N) is 1. The number of phosphoric ester groups is 1. The third-order valence-corrected chi connectivity index (χ3v) is 10.8. The number of phosphoric acid groups is 1. The fraction of sp³-hybridized carbons (Fsp3) is 0.686. The predicted octanol–water partition coefficient (Wildman–Crippen LogP) is 14.4. The third kappa shape index (κ3) is 46.5. The smallest absolute Gasteiger partial charge is 0.462 e. The van der Waals surface area contributed by atoms with Crippen LogP contribution >= 0.6 is 7.82 Å². The first-order valence-electron chi connectivity index (χ1n) is 24.1. The number of unbranched alkanes of at least 4 members (excludes halogenated alkanes) is 17. The van der Waals surface area contributed by atoms with Crippen molar-refractivity contribution >= 4 is 19.8 Å². The van der Waals surface area contributed by atoms with Crippen LogP contribution in [0.25, 0.3) is 0 Å². The van der Waals surface area contributed by atoms with Crippen molar-refractivity contribution in [3.63, 3.8) is 0 Å². The second-order valence-corrected chi connectivity index (χ2v) is 17.0. The maximum atomic E-state index is 12.6. The van der Waals surface area contributed by atoms with Crippen molar-refractivity contribution in [1.29, 1.82) is 0 Å². The van der Waals surface area contributed by atoms with E-state index in [1.54, 1.807) is 0 Å². The van der Waals surface area contributed by atoms with E-state index in [1.165, 1.54) is 96.3 Å². The van der Waals surface area contributed by atoms with Crippen molar-refractivity contribution in [3.8, 4) is 0 Å². The summed E-state index contributed by atoms with van der Waals surface area (Å²) in [4.78, 5) is 35.0. The minimum absolute atomic E-state index is 0.0401. The van der Waals surface area contributed by atoms with Gasteiger partial charge in [0.25, 0.3) is 0 Å². The van der Waals surface area contributed by atoms with Crippen LogP contribution in [0.5, 0.6) is 0 Å². The Kier molecular flexibility index (Phi) is 44.5. The van der Waals surface area contributed by atoms with Crippen LogP contribution in [-0.2, 0) is 32.7 Å². The first kappa shape index (κ1) is 58.2. The van der Waals surface area contributed by atoms with Gasteiger partial charge in [-0.25, -0.2) is 4.57 Å². The molecule has 3 N–H and O–H groups in total. The lowest BCUT2D eigenvalue weighted by Gasteiger charge is -2.19. The Hall–Kier alpha value is -2.81. The van der Waals surface area contributed by atoms with Gasteiger partial charge >= 0.3 is 19.8 Å². The number of ether oxygens (including phenoxy) is 2. The summed E-state index contributed by atoms with van der Waals surface area (Å²) in [6.45, 7) is 3.53. The molecule has 9 nitrogen and oxygen atoms in total. The van der Waals surface area contributed by atoms with Gasteiger partial charge in [0.2, 0.25) is 0 Å². The Labute approximate surface area is 373 Å². The van der Waals surface area contributed by atoms with Gasteiger partial charge in [0.05, 0.1) is 13.2 Å². The standard InChI is InChI=1S/C51H88NO8P/c1-3-5-7-9-11-13-15-17-19-21-23-24-26-28-30-32-34-36-38-40-42-44-51(54)60-49(48-59-61(55,56)58-46-45-52)47-57-50(53)43-41-39-37-35-33-31-29-27-25-22-20-18-16-14-12-10-8-6-4-2/h6,8,12,14,17-20,25,27,31,33,37,39,49H,3-5,7,9-11,13,15-16,21-24,26,28-30,32,34-36,38,40-48,52H2,1-2H3,(H,55,56)/b8-6-,14-12-,19-17-,20-18-,27-25-,33-31-,39-37-/t49-/m1/s1. The fourth-order valence-corrected chi connectivity index (χ4v) is 7.01. The molecule has 0 radical (unpaired) electrons. The largest absolute Gasteiger partial charge is 0.472 e. The number of hydrogen-bond acceptors (Lipinski definition) is 8. The summed E-state index contributed by atoms with van der Waals surface area (Å²) < 4.78 is 32.8. The third-order valence-electron chi connectivity index (χ3n) is 9.78. The van der Waals surface area contributed by atoms with Gasteiger partial charge in [0.1, 0.15) is 6.61 Å². The van der Waals surface area contributed by atoms with Crippen LogP contribution in [0.15, 0.2) is 85.1 Å². The van der Waals surface area contributed by atoms with Crippen LogP contribution < -0.4 is 5.73 Å². The maximum absolute atomic E-state index is 12.6. The molecule has 0 bridgehead atoms. The molecule has 0 amide bonds. The SMILES string of the molecule is CC/C=C\C/C=C\C/C=C\C/C=C\C/C=C\C/C=C\CCC(=O)OC[C@H](COP(=O)(O)OCCN)OC(=O)CCCCCCCCCCCCC/C=C\CCCCCCCC. The monoisotopic (exact) mass is 874 g/mol. The lowest BCUT2D eigenvalue weighted by Crippen LogP contribution is -2.29. The predicted molar refractivity (Wildman–Crippen MR) is 256 cm³/mol. The molecular weight excluding hydrogens is 786 g/mol. The van der Waals surface area contributed by atoms with Crippen molar-refractivity contribution in [1.82, 2.24) is 0 Å². The lowest BCUT2D eigenvalue weighted by molar-refractivity contribution is -0.161. The van der Waals surface area contributed by atoms with E-state index in [2.05, 4.69) is 86.8 Å². The zero-order valence-electron chi connectivity index (χ0n) is 38.6. The van der Waals surface area contributed by atoms with E-state index in [-0.39, 0.29) is 32.6 Å². The van der Waals surface area contributed by atoms with E-state index in [1.807, 2.05) is 12.2 Å². The number of hydrogen-bond donors (Lipinski definition) is 2. The number of esters is 2. The Morgan fingerprint density at radius 1 is 0.508 bits per heavy atom. The van der Waals surface area contributed by atoms with Crippen molar-refractivity contribution in [2.75, 3.05) is 26.4 Å². The molecule has 1 unspecified atom stereocenters. The van der Waals surface area contributed by atoms with E-state index in [9.17, 15) is 19.0 Å². The van der Waals surface area contributed by atoms with Gasteiger partial charge in [0, 0.05) is 19.4 Å². The first-order chi connectivity index (χ1) is 29.8. The first-order valence-corrected chi connectivity index (χ1v) is 25.6. The summed E-state index contributed by atoms with van der Waals surface area (Å²) in [5.74, 6) is -0.930. The van der Waals surface area contributed by atoms with Crippen molar-refractivity contribution < 1.29 is 37.6 Å². The zero-order chi connectivity index (χ0) is 44.6. The fourth-order valence-electron chi connectivity index (χ4n) is 6.24. The molecule has 0 fully saturated rings. The summed E-state index contributed by atoms with van der Waals surface area (Å²) in [7, 11) is -4.40. The summed E-state index contributed by atoms with van der Waals surface area (Å²) >= 11 is 0. The van der Waals surface area contributed by atoms with Gasteiger partial charge in [-0.2, -0.15) is 0 Å². The number of carbonyl (C=O) groups is 2. The molecule has 350 valence electrons. The highest BCUT2D eigenvalue weighted by Gasteiger charge is 2.26. The molecular formula is C51H88NO8P. The molecule has 0 saturated carbocycles. The highest BCUT2D eigenvalue weighted by atomic mass is 31.2. The number of carbonyl (C=O) groups excluding carboxylic acids is 2. The van der Waals surface area contributed by atoms with Crippen LogP contribution in [0, 0.1) is 0 Å². The van der Waals surface area contributed by atoms with Crippen molar-refractivity contribution in [2.24, 2.45) is 5.73 Å². The Morgan fingerprint density at radius 2 is 0.934 bits per heavy atom. The minimum Gasteiger partial charge on any atom is -0.462 e. The van der Waals surface area contributed by atoms with Crippen LogP contribution in [0.1, 0.15) is 194 Å². The molecule has 0 aromatic carbocycles. The molecule has 0 aromatic rings. The van der Waals surface area contributed by atoms with Crippen LogP contribution in [0.2, 0.25) is 0 Å². The summed E-state index contributed by atoms with van der Waals surface area (Å²) in [6, 6.07) is 0. The minimum atomic E-state index is -4.40. The highest BCUT2D eigenvalue weighted by Crippen LogP contribution is 2.43. The van der Waals surface area contributed by atoms with Gasteiger partial charge in [0.15, 0.2) is 6.10 Å². The van der Waals surface area contributed by atoms with Crippen LogP contribution in [-0.4, -0.2) is 49.3 Å². The summed E-state index contributed by atoms with van der Waals surface area (Å²) in [6.07, 6.45) is 59.2. The Bertz CT molecular complexity index is 1270.